The number of rotatable bonds is 9. The highest BCUT2D eigenvalue weighted by molar-refractivity contribution is 7.90. The topological polar surface area (TPSA) is 109 Å². The zero-order valence-corrected chi connectivity index (χ0v) is 22.8. The standard InChI is InChI=1S/C27H19ClN2O5S3/c28-17-5-8-19(9-6-17)38(33,34)30-22-15-18(35-12-1-4-25(31)32)7-10-20(22)26(21-11-14-37-24(21)16-29)27(30)23-3-2-13-36-23/h2-3,5-11,13-15H,1,4,12H2,(H,31,32). The van der Waals surface area contributed by atoms with Crippen LogP contribution in [0.1, 0.15) is 17.7 Å². The Kier molecular flexibility index (Phi) is 7.27. The Morgan fingerprint density at radius 2 is 1.87 bits per heavy atom. The second-order valence-electron chi connectivity index (χ2n) is 8.22. The van der Waals surface area contributed by atoms with Crippen molar-refractivity contribution in [2.45, 2.75) is 17.7 Å². The quantitative estimate of drug-likeness (QED) is 0.186. The minimum absolute atomic E-state index is 0.0364. The van der Waals surface area contributed by atoms with E-state index in [9.17, 15) is 18.5 Å². The number of aliphatic carboxylic acids is 1. The molecule has 7 nitrogen and oxygen atoms in total. The highest BCUT2D eigenvalue weighted by Crippen LogP contribution is 2.46. The maximum Gasteiger partial charge on any atom is 0.303 e. The summed E-state index contributed by atoms with van der Waals surface area (Å²) in [5.74, 6) is -0.510. The Morgan fingerprint density at radius 1 is 1.08 bits per heavy atom. The van der Waals surface area contributed by atoms with E-state index in [4.69, 9.17) is 21.4 Å². The van der Waals surface area contributed by atoms with Crippen molar-refractivity contribution in [2.75, 3.05) is 6.61 Å². The first kappa shape index (κ1) is 26.0. The second kappa shape index (κ2) is 10.6. The molecule has 0 aliphatic carbocycles. The van der Waals surface area contributed by atoms with E-state index in [-0.39, 0.29) is 17.9 Å². The molecule has 3 heterocycles. The molecule has 1 N–H and O–H groups in total. The molecular weight excluding hydrogens is 564 g/mol. The molecular formula is C27H19ClN2O5S3. The number of thiophene rings is 2. The van der Waals surface area contributed by atoms with Crippen LogP contribution < -0.4 is 4.74 Å². The van der Waals surface area contributed by atoms with Gasteiger partial charge in [0.05, 0.1) is 27.6 Å². The van der Waals surface area contributed by atoms with Gasteiger partial charge in [-0.05, 0) is 65.7 Å². The molecule has 0 fully saturated rings. The molecule has 192 valence electrons. The molecule has 0 aliphatic heterocycles. The SMILES string of the molecule is N#Cc1sccc1-c1c(-c2cccs2)n(S(=O)(=O)c2ccc(Cl)cc2)c2cc(OCCCC(=O)O)ccc12. The summed E-state index contributed by atoms with van der Waals surface area (Å²) in [6.07, 6.45) is 0.273. The average molecular weight is 583 g/mol. The van der Waals surface area contributed by atoms with E-state index in [0.29, 0.717) is 54.7 Å². The summed E-state index contributed by atoms with van der Waals surface area (Å²) >= 11 is 8.72. The first-order valence-electron chi connectivity index (χ1n) is 11.4. The van der Waals surface area contributed by atoms with Crippen molar-refractivity contribution in [1.82, 2.24) is 3.97 Å². The summed E-state index contributed by atoms with van der Waals surface area (Å²) in [4.78, 5) is 12.1. The number of ether oxygens (including phenoxy) is 1. The summed E-state index contributed by atoms with van der Waals surface area (Å²) < 4.78 is 35.5. The third-order valence-corrected chi connectivity index (χ3v) is 9.52. The van der Waals surface area contributed by atoms with Crippen LogP contribution in [0.3, 0.4) is 0 Å². The van der Waals surface area contributed by atoms with Gasteiger partial charge in [0, 0.05) is 34.0 Å². The first-order valence-corrected chi connectivity index (χ1v) is 14.9. The Morgan fingerprint density at radius 3 is 2.55 bits per heavy atom. The Labute approximate surface area is 231 Å². The van der Waals surface area contributed by atoms with Gasteiger partial charge >= 0.3 is 5.97 Å². The van der Waals surface area contributed by atoms with Crippen molar-refractivity contribution < 1.29 is 23.1 Å². The van der Waals surface area contributed by atoms with Crippen LogP contribution in [0.15, 0.2) is 76.3 Å². The molecule has 0 spiro atoms. The number of halogens is 1. The summed E-state index contributed by atoms with van der Waals surface area (Å²) in [6.45, 7) is 0.163. The van der Waals surface area contributed by atoms with Gasteiger partial charge in [0.2, 0.25) is 0 Å². The van der Waals surface area contributed by atoms with Crippen LogP contribution in [0.4, 0.5) is 0 Å². The lowest BCUT2D eigenvalue weighted by Crippen LogP contribution is -2.14. The van der Waals surface area contributed by atoms with E-state index < -0.39 is 16.0 Å². The number of fused-ring (bicyclic) bond motifs is 1. The Hall–Kier alpha value is -3.62. The second-order valence-corrected chi connectivity index (χ2v) is 12.3. The maximum absolute atomic E-state index is 14.2. The molecule has 0 saturated heterocycles. The molecule has 3 aromatic heterocycles. The van der Waals surface area contributed by atoms with Gasteiger partial charge in [-0.25, -0.2) is 12.4 Å². The lowest BCUT2D eigenvalue weighted by atomic mass is 10.0. The number of benzene rings is 2. The predicted molar refractivity (Wildman–Crippen MR) is 150 cm³/mol. The van der Waals surface area contributed by atoms with Gasteiger partial charge in [-0.1, -0.05) is 17.7 Å². The predicted octanol–water partition coefficient (Wildman–Crippen LogP) is 7.10. The zero-order valence-electron chi connectivity index (χ0n) is 19.6. The third kappa shape index (κ3) is 4.81. The van der Waals surface area contributed by atoms with Crippen LogP contribution in [0, 0.1) is 11.3 Å². The van der Waals surface area contributed by atoms with Crippen molar-refractivity contribution in [1.29, 1.82) is 5.26 Å². The smallest absolute Gasteiger partial charge is 0.303 e. The molecule has 5 rings (SSSR count). The number of hydrogen-bond donors (Lipinski definition) is 1. The van der Waals surface area contributed by atoms with E-state index in [1.165, 1.54) is 50.9 Å². The number of aromatic nitrogens is 1. The summed E-state index contributed by atoms with van der Waals surface area (Å²) in [6, 6.07) is 18.8. The number of carbonyl (C=O) groups is 1. The van der Waals surface area contributed by atoms with E-state index >= 15 is 0 Å². The van der Waals surface area contributed by atoms with Gasteiger partial charge in [0.15, 0.2) is 0 Å². The molecule has 0 bridgehead atoms. The van der Waals surface area contributed by atoms with Crippen molar-refractivity contribution in [3.63, 3.8) is 0 Å². The van der Waals surface area contributed by atoms with E-state index in [1.807, 2.05) is 29.0 Å². The Balaban J connectivity index is 1.81. The highest BCUT2D eigenvalue weighted by atomic mass is 35.5. The van der Waals surface area contributed by atoms with Crippen LogP contribution in [0.5, 0.6) is 5.75 Å². The third-order valence-electron chi connectivity index (χ3n) is 5.84. The fourth-order valence-electron chi connectivity index (χ4n) is 4.21. The van der Waals surface area contributed by atoms with E-state index in [1.54, 1.807) is 18.2 Å². The molecule has 0 saturated carbocycles. The monoisotopic (exact) mass is 582 g/mol. The van der Waals surface area contributed by atoms with Gasteiger partial charge in [0.1, 0.15) is 16.7 Å². The fraction of sp³-hybridized carbons (Fsp3) is 0.111. The number of carboxylic acids is 1. The molecule has 0 aliphatic rings. The molecule has 5 aromatic rings. The van der Waals surface area contributed by atoms with Crippen molar-refractivity contribution in [2.24, 2.45) is 0 Å². The average Bonchev–Trinajstić information content (AvgIpc) is 3.64. The zero-order chi connectivity index (χ0) is 26.9. The minimum atomic E-state index is -4.13. The number of hydrogen-bond acceptors (Lipinski definition) is 7. The summed E-state index contributed by atoms with van der Waals surface area (Å²) in [5.41, 5.74) is 2.10. The lowest BCUT2D eigenvalue weighted by molar-refractivity contribution is -0.137. The van der Waals surface area contributed by atoms with Crippen LogP contribution in [-0.4, -0.2) is 30.1 Å². The van der Waals surface area contributed by atoms with Gasteiger partial charge in [0.25, 0.3) is 10.0 Å². The van der Waals surface area contributed by atoms with Gasteiger partial charge in [-0.15, -0.1) is 22.7 Å². The summed E-state index contributed by atoms with van der Waals surface area (Å²) in [5, 5.41) is 23.4. The molecule has 0 amide bonds. The first-order chi connectivity index (χ1) is 18.3. The molecule has 0 radical (unpaired) electrons. The summed E-state index contributed by atoms with van der Waals surface area (Å²) in [7, 11) is -4.13. The lowest BCUT2D eigenvalue weighted by Gasteiger charge is -2.13. The van der Waals surface area contributed by atoms with Crippen LogP contribution in [-0.2, 0) is 14.8 Å². The van der Waals surface area contributed by atoms with Crippen molar-refractivity contribution in [3.8, 4) is 33.5 Å². The normalized spacial score (nSPS) is 11.5. The van der Waals surface area contributed by atoms with Crippen LogP contribution >= 0.6 is 34.3 Å². The molecule has 0 unspecified atom stereocenters. The molecule has 0 atom stereocenters. The maximum atomic E-state index is 14.2. The van der Waals surface area contributed by atoms with Gasteiger partial charge in [-0.3, -0.25) is 4.79 Å². The molecule has 38 heavy (non-hydrogen) atoms. The number of nitriles is 1. The van der Waals surface area contributed by atoms with Crippen molar-refractivity contribution >= 4 is 61.2 Å². The van der Waals surface area contributed by atoms with Gasteiger partial charge in [-0.2, -0.15) is 5.26 Å². The van der Waals surface area contributed by atoms with Crippen LogP contribution in [0.25, 0.3) is 32.6 Å². The molecule has 11 heteroatoms. The van der Waals surface area contributed by atoms with Gasteiger partial charge < -0.3 is 9.84 Å². The Bertz CT molecular complexity index is 1780. The number of carboxylic acid groups (broad SMARTS) is 1. The van der Waals surface area contributed by atoms with E-state index in [0.717, 1.165) is 0 Å². The fourth-order valence-corrected chi connectivity index (χ4v) is 7.38. The molecule has 2 aromatic carbocycles. The van der Waals surface area contributed by atoms with Crippen LogP contribution in [0.2, 0.25) is 5.02 Å². The number of nitrogens with zero attached hydrogens (tertiary/aromatic N) is 2. The minimum Gasteiger partial charge on any atom is -0.494 e. The van der Waals surface area contributed by atoms with Crippen molar-refractivity contribution in [3.05, 3.63) is 81.3 Å². The largest absolute Gasteiger partial charge is 0.494 e. The van der Waals surface area contributed by atoms with E-state index in [2.05, 4.69) is 6.07 Å². The highest BCUT2D eigenvalue weighted by Gasteiger charge is 2.30.